The third-order valence-electron chi connectivity index (χ3n) is 3.87. The highest BCUT2D eigenvalue weighted by Gasteiger charge is 2.18. The van der Waals surface area contributed by atoms with Crippen molar-refractivity contribution >= 4 is 11.5 Å². The van der Waals surface area contributed by atoms with Crippen LogP contribution in [0.4, 0.5) is 5.69 Å². The Bertz CT molecular complexity index is 456. The summed E-state index contributed by atoms with van der Waals surface area (Å²) in [4.78, 5) is 12.4. The van der Waals surface area contributed by atoms with Crippen LogP contribution in [-0.4, -0.2) is 24.4 Å². The number of hydrogen-bond donors (Lipinski definition) is 2. The van der Waals surface area contributed by atoms with Crippen LogP contribution in [-0.2, 0) is 6.42 Å². The van der Waals surface area contributed by atoms with Gasteiger partial charge >= 0.3 is 0 Å². The standard InChI is InChI=1S/C16H24N2O/c1-4-11(2)18-12(3)16(19)14-7-8-15-13(10-14)6-5-9-17-15/h7-8,10-12,17-18H,4-6,9H2,1-3H3. The quantitative estimate of drug-likeness (QED) is 0.800. The molecule has 0 aromatic heterocycles. The van der Waals surface area contributed by atoms with Crippen molar-refractivity contribution in [3.63, 3.8) is 0 Å². The Morgan fingerprint density at radius 3 is 2.95 bits per heavy atom. The van der Waals surface area contributed by atoms with Gasteiger partial charge in [-0.15, -0.1) is 0 Å². The molecule has 1 aromatic carbocycles. The predicted molar refractivity (Wildman–Crippen MR) is 79.9 cm³/mol. The van der Waals surface area contributed by atoms with Crippen LogP contribution in [0.1, 0.15) is 49.5 Å². The van der Waals surface area contributed by atoms with Crippen LogP contribution in [0.25, 0.3) is 0 Å². The zero-order valence-electron chi connectivity index (χ0n) is 12.1. The van der Waals surface area contributed by atoms with E-state index in [1.165, 1.54) is 11.3 Å². The van der Waals surface area contributed by atoms with E-state index in [-0.39, 0.29) is 11.8 Å². The van der Waals surface area contributed by atoms with E-state index in [2.05, 4.69) is 30.5 Å². The summed E-state index contributed by atoms with van der Waals surface area (Å²) in [5.41, 5.74) is 3.28. The second-order valence-electron chi connectivity index (χ2n) is 5.46. The molecule has 1 aliphatic heterocycles. The number of fused-ring (bicyclic) bond motifs is 1. The van der Waals surface area contributed by atoms with Crippen LogP contribution in [0.2, 0.25) is 0 Å². The molecule has 0 amide bonds. The van der Waals surface area contributed by atoms with Crippen molar-refractivity contribution in [1.82, 2.24) is 5.32 Å². The molecule has 3 nitrogen and oxygen atoms in total. The van der Waals surface area contributed by atoms with Gasteiger partial charge in [0.25, 0.3) is 0 Å². The number of Topliss-reactive ketones (excluding diaryl/α,β-unsaturated/α-hetero) is 1. The van der Waals surface area contributed by atoms with Gasteiger partial charge in [-0.2, -0.15) is 0 Å². The summed E-state index contributed by atoms with van der Waals surface area (Å²) < 4.78 is 0. The first-order valence-electron chi connectivity index (χ1n) is 7.29. The molecule has 1 aromatic rings. The highest BCUT2D eigenvalue weighted by molar-refractivity contribution is 6.00. The van der Waals surface area contributed by atoms with Crippen LogP contribution < -0.4 is 10.6 Å². The molecule has 0 radical (unpaired) electrons. The zero-order valence-corrected chi connectivity index (χ0v) is 12.1. The van der Waals surface area contributed by atoms with Crippen LogP contribution in [0.15, 0.2) is 18.2 Å². The van der Waals surface area contributed by atoms with Gasteiger partial charge in [0, 0.05) is 23.8 Å². The summed E-state index contributed by atoms with van der Waals surface area (Å²) >= 11 is 0. The number of hydrogen-bond acceptors (Lipinski definition) is 3. The summed E-state index contributed by atoms with van der Waals surface area (Å²) in [6, 6.07) is 6.28. The molecule has 0 fully saturated rings. The maximum Gasteiger partial charge on any atom is 0.179 e. The molecular weight excluding hydrogens is 236 g/mol. The van der Waals surface area contributed by atoms with E-state index in [4.69, 9.17) is 0 Å². The Morgan fingerprint density at radius 2 is 2.21 bits per heavy atom. The van der Waals surface area contributed by atoms with Crippen molar-refractivity contribution in [2.45, 2.75) is 52.1 Å². The smallest absolute Gasteiger partial charge is 0.179 e. The molecule has 1 aliphatic rings. The van der Waals surface area contributed by atoms with E-state index >= 15 is 0 Å². The second-order valence-corrected chi connectivity index (χ2v) is 5.46. The maximum absolute atomic E-state index is 12.4. The number of aryl methyl sites for hydroxylation is 1. The van der Waals surface area contributed by atoms with Crippen molar-refractivity contribution < 1.29 is 4.79 Å². The minimum absolute atomic E-state index is 0.121. The summed E-state index contributed by atoms with van der Waals surface area (Å²) in [7, 11) is 0. The molecule has 0 bridgehead atoms. The lowest BCUT2D eigenvalue weighted by molar-refractivity contribution is 0.0945. The van der Waals surface area contributed by atoms with Crippen LogP contribution >= 0.6 is 0 Å². The Kier molecular flexibility index (Phi) is 4.59. The SMILES string of the molecule is CCC(C)NC(C)C(=O)c1ccc2c(c1)CCCN2. The number of carbonyl (C=O) groups excluding carboxylic acids is 1. The van der Waals surface area contributed by atoms with Gasteiger partial charge < -0.3 is 10.6 Å². The van der Waals surface area contributed by atoms with E-state index in [0.717, 1.165) is 31.4 Å². The Morgan fingerprint density at radius 1 is 1.42 bits per heavy atom. The molecule has 0 saturated carbocycles. The molecule has 104 valence electrons. The minimum atomic E-state index is -0.121. The van der Waals surface area contributed by atoms with E-state index < -0.39 is 0 Å². The minimum Gasteiger partial charge on any atom is -0.385 e. The van der Waals surface area contributed by atoms with Crippen molar-refractivity contribution in [2.75, 3.05) is 11.9 Å². The highest BCUT2D eigenvalue weighted by atomic mass is 16.1. The summed E-state index contributed by atoms with van der Waals surface area (Å²) in [6.07, 6.45) is 3.24. The third-order valence-corrected chi connectivity index (χ3v) is 3.87. The fourth-order valence-corrected chi connectivity index (χ4v) is 2.50. The fraction of sp³-hybridized carbons (Fsp3) is 0.562. The molecular formula is C16H24N2O. The number of rotatable bonds is 5. The number of anilines is 1. The van der Waals surface area contributed by atoms with E-state index in [0.29, 0.717) is 6.04 Å². The Labute approximate surface area is 115 Å². The molecule has 1 heterocycles. The van der Waals surface area contributed by atoms with Gasteiger partial charge in [-0.05, 0) is 56.9 Å². The van der Waals surface area contributed by atoms with Crippen molar-refractivity contribution in [3.8, 4) is 0 Å². The normalized spacial score (nSPS) is 17.2. The van der Waals surface area contributed by atoms with Crippen molar-refractivity contribution in [2.24, 2.45) is 0 Å². The summed E-state index contributed by atoms with van der Waals surface area (Å²) in [5, 5.41) is 6.72. The molecule has 2 unspecified atom stereocenters. The summed E-state index contributed by atoms with van der Waals surface area (Å²) in [5.74, 6) is 0.189. The highest BCUT2D eigenvalue weighted by Crippen LogP contribution is 2.23. The van der Waals surface area contributed by atoms with Gasteiger partial charge in [0.15, 0.2) is 5.78 Å². The Hall–Kier alpha value is -1.35. The van der Waals surface area contributed by atoms with Crippen LogP contribution in [0.5, 0.6) is 0 Å². The van der Waals surface area contributed by atoms with E-state index in [1.54, 1.807) is 0 Å². The molecule has 2 rings (SSSR count). The van der Waals surface area contributed by atoms with Gasteiger partial charge in [-0.3, -0.25) is 4.79 Å². The molecule has 19 heavy (non-hydrogen) atoms. The second kappa shape index (κ2) is 6.20. The van der Waals surface area contributed by atoms with E-state index in [9.17, 15) is 4.79 Å². The molecule has 0 saturated heterocycles. The first-order chi connectivity index (χ1) is 9.11. The molecule has 0 aliphatic carbocycles. The number of nitrogens with one attached hydrogen (secondary N) is 2. The van der Waals surface area contributed by atoms with Crippen molar-refractivity contribution in [3.05, 3.63) is 29.3 Å². The topological polar surface area (TPSA) is 41.1 Å². The van der Waals surface area contributed by atoms with Crippen molar-refractivity contribution in [1.29, 1.82) is 0 Å². The average molecular weight is 260 g/mol. The number of ketones is 1. The van der Waals surface area contributed by atoms with Crippen LogP contribution in [0, 0.1) is 0 Å². The van der Waals surface area contributed by atoms with Gasteiger partial charge in [-0.25, -0.2) is 0 Å². The van der Waals surface area contributed by atoms with Gasteiger partial charge in [0.1, 0.15) is 0 Å². The number of carbonyl (C=O) groups is 1. The van der Waals surface area contributed by atoms with Gasteiger partial charge in [0.05, 0.1) is 6.04 Å². The molecule has 2 N–H and O–H groups in total. The lowest BCUT2D eigenvalue weighted by atomic mass is 9.97. The lowest BCUT2D eigenvalue weighted by Crippen LogP contribution is -2.39. The predicted octanol–water partition coefficient (Wildman–Crippen LogP) is 3.00. The molecule has 2 atom stereocenters. The average Bonchev–Trinajstić information content (AvgIpc) is 2.45. The van der Waals surface area contributed by atoms with Crippen LogP contribution in [0.3, 0.4) is 0 Å². The Balaban J connectivity index is 2.10. The molecule has 0 spiro atoms. The maximum atomic E-state index is 12.4. The monoisotopic (exact) mass is 260 g/mol. The van der Waals surface area contributed by atoms with Gasteiger partial charge in [-0.1, -0.05) is 6.92 Å². The van der Waals surface area contributed by atoms with E-state index in [1.807, 2.05) is 19.1 Å². The first-order valence-corrected chi connectivity index (χ1v) is 7.29. The number of benzene rings is 1. The largest absolute Gasteiger partial charge is 0.385 e. The van der Waals surface area contributed by atoms with Gasteiger partial charge in [0.2, 0.25) is 0 Å². The fourth-order valence-electron chi connectivity index (χ4n) is 2.50. The molecule has 3 heteroatoms. The summed E-state index contributed by atoms with van der Waals surface area (Å²) in [6.45, 7) is 7.22. The zero-order chi connectivity index (χ0) is 13.8. The third kappa shape index (κ3) is 3.35. The first kappa shape index (κ1) is 14.1. The lowest BCUT2D eigenvalue weighted by Gasteiger charge is -2.21.